The van der Waals surface area contributed by atoms with Gasteiger partial charge in [0.1, 0.15) is 11.6 Å². The number of aromatic amines is 1. The number of hydrogen-bond donors (Lipinski definition) is 1. The van der Waals surface area contributed by atoms with E-state index >= 15 is 0 Å². The summed E-state index contributed by atoms with van der Waals surface area (Å²) in [6, 6.07) is 15.5. The second-order valence-electron chi connectivity index (χ2n) is 6.69. The average molecular weight is 349 g/mol. The fourth-order valence-corrected chi connectivity index (χ4v) is 3.62. The molecule has 0 radical (unpaired) electrons. The first-order valence-electron chi connectivity index (χ1n) is 9.21. The number of aromatic nitrogens is 2. The first-order valence-corrected chi connectivity index (χ1v) is 9.21. The lowest BCUT2D eigenvalue weighted by Crippen LogP contribution is -2.39. The highest BCUT2D eigenvalue weighted by Gasteiger charge is 2.27. The normalized spacial score (nSPS) is 17.4. The lowest BCUT2D eigenvalue weighted by Gasteiger charge is -2.32. The Labute approximate surface area is 153 Å². The molecule has 2 heterocycles. The summed E-state index contributed by atoms with van der Waals surface area (Å²) in [4.78, 5) is 23.0. The smallest absolute Gasteiger partial charge is 0.254 e. The maximum atomic E-state index is 12.9. The van der Waals surface area contributed by atoms with Crippen molar-refractivity contribution in [1.29, 1.82) is 0 Å². The minimum absolute atomic E-state index is 0.0624. The van der Waals surface area contributed by atoms with Crippen molar-refractivity contribution in [2.75, 3.05) is 19.7 Å². The predicted octanol–water partition coefficient (Wildman–Crippen LogP) is 3.98. The minimum Gasteiger partial charge on any atom is -0.494 e. The third-order valence-electron chi connectivity index (χ3n) is 4.89. The molecule has 0 unspecified atom stereocenters. The number of likely N-dealkylation sites (tertiary alicyclic amines) is 1. The van der Waals surface area contributed by atoms with Gasteiger partial charge in [0.25, 0.3) is 5.91 Å². The third-order valence-corrected chi connectivity index (χ3v) is 4.89. The number of amides is 1. The molecule has 1 aliphatic rings. The summed E-state index contributed by atoms with van der Waals surface area (Å²) in [5.41, 5.74) is 2.71. The van der Waals surface area contributed by atoms with Crippen LogP contribution in [-0.4, -0.2) is 40.5 Å². The van der Waals surface area contributed by atoms with Crippen molar-refractivity contribution in [3.05, 3.63) is 59.9 Å². The van der Waals surface area contributed by atoms with E-state index in [4.69, 9.17) is 9.72 Å². The molecule has 0 saturated carbocycles. The number of carbonyl (C=O) groups excluding carboxylic acids is 1. The van der Waals surface area contributed by atoms with Gasteiger partial charge in [0, 0.05) is 24.6 Å². The molecule has 1 amide bonds. The molecule has 0 aliphatic carbocycles. The Hall–Kier alpha value is -2.82. The number of H-pyrrole nitrogens is 1. The van der Waals surface area contributed by atoms with Crippen LogP contribution >= 0.6 is 0 Å². The molecule has 0 spiro atoms. The summed E-state index contributed by atoms with van der Waals surface area (Å²) in [6.07, 6.45) is 2.03. The first kappa shape index (κ1) is 16.6. The van der Waals surface area contributed by atoms with Crippen molar-refractivity contribution in [3.63, 3.8) is 0 Å². The monoisotopic (exact) mass is 349 g/mol. The Bertz CT molecular complexity index is 885. The quantitative estimate of drug-likeness (QED) is 0.775. The average Bonchev–Trinajstić information content (AvgIpc) is 3.12. The van der Waals surface area contributed by atoms with E-state index in [1.54, 1.807) is 0 Å². The molecular formula is C21H23N3O2. The van der Waals surface area contributed by atoms with Gasteiger partial charge in [-0.15, -0.1) is 0 Å². The van der Waals surface area contributed by atoms with Crippen molar-refractivity contribution in [1.82, 2.24) is 14.9 Å². The summed E-state index contributed by atoms with van der Waals surface area (Å²) in [5.74, 6) is 2.03. The molecule has 26 heavy (non-hydrogen) atoms. The van der Waals surface area contributed by atoms with Gasteiger partial charge in [-0.05, 0) is 50.1 Å². The van der Waals surface area contributed by atoms with Crippen LogP contribution in [0.5, 0.6) is 5.75 Å². The fraction of sp³-hybridized carbons (Fsp3) is 0.333. The van der Waals surface area contributed by atoms with Crippen LogP contribution in [0.4, 0.5) is 0 Å². The maximum Gasteiger partial charge on any atom is 0.254 e. The topological polar surface area (TPSA) is 58.2 Å². The minimum atomic E-state index is 0.0624. The molecule has 1 N–H and O–H groups in total. The molecule has 3 aromatic rings. The van der Waals surface area contributed by atoms with Crippen molar-refractivity contribution < 1.29 is 9.53 Å². The van der Waals surface area contributed by atoms with E-state index in [2.05, 4.69) is 4.98 Å². The number of hydrogen-bond acceptors (Lipinski definition) is 3. The van der Waals surface area contributed by atoms with Gasteiger partial charge >= 0.3 is 0 Å². The molecule has 1 aromatic heterocycles. The number of imidazole rings is 1. The van der Waals surface area contributed by atoms with E-state index in [-0.39, 0.29) is 11.8 Å². The molecule has 1 aliphatic heterocycles. The molecule has 1 fully saturated rings. The molecule has 1 saturated heterocycles. The summed E-state index contributed by atoms with van der Waals surface area (Å²) >= 11 is 0. The highest BCUT2D eigenvalue weighted by Crippen LogP contribution is 2.28. The summed E-state index contributed by atoms with van der Waals surface area (Å²) < 4.78 is 5.52. The summed E-state index contributed by atoms with van der Waals surface area (Å²) in [5, 5.41) is 0. The highest BCUT2D eigenvalue weighted by atomic mass is 16.5. The Balaban J connectivity index is 1.52. The summed E-state index contributed by atoms with van der Waals surface area (Å²) in [6.45, 7) is 4.01. The molecule has 0 bridgehead atoms. The van der Waals surface area contributed by atoms with Gasteiger partial charge in [-0.1, -0.05) is 18.2 Å². The van der Waals surface area contributed by atoms with Gasteiger partial charge in [-0.3, -0.25) is 4.79 Å². The number of fused-ring (bicyclic) bond motifs is 1. The molecule has 1 atom stereocenters. The predicted molar refractivity (Wildman–Crippen MR) is 102 cm³/mol. The largest absolute Gasteiger partial charge is 0.494 e. The molecule has 2 aromatic carbocycles. The zero-order valence-electron chi connectivity index (χ0n) is 14.9. The highest BCUT2D eigenvalue weighted by molar-refractivity contribution is 5.94. The van der Waals surface area contributed by atoms with Gasteiger partial charge in [-0.2, -0.15) is 0 Å². The van der Waals surface area contributed by atoms with Crippen LogP contribution in [0.15, 0.2) is 48.5 Å². The lowest BCUT2D eigenvalue weighted by molar-refractivity contribution is 0.0704. The number of para-hydroxylation sites is 2. The van der Waals surface area contributed by atoms with Crippen LogP contribution in [0.3, 0.4) is 0 Å². The Kier molecular flexibility index (Phi) is 4.61. The number of piperidine rings is 1. The zero-order valence-corrected chi connectivity index (χ0v) is 14.9. The number of benzene rings is 2. The van der Waals surface area contributed by atoms with Gasteiger partial charge in [-0.25, -0.2) is 4.98 Å². The Morgan fingerprint density at radius 1 is 1.27 bits per heavy atom. The van der Waals surface area contributed by atoms with Crippen LogP contribution in [-0.2, 0) is 0 Å². The summed E-state index contributed by atoms with van der Waals surface area (Å²) in [7, 11) is 0. The second kappa shape index (κ2) is 7.20. The Morgan fingerprint density at radius 3 is 3.00 bits per heavy atom. The maximum absolute atomic E-state index is 12.9. The number of nitrogens with one attached hydrogen (secondary N) is 1. The van der Waals surface area contributed by atoms with Gasteiger partial charge in [0.05, 0.1) is 17.6 Å². The lowest BCUT2D eigenvalue weighted by atomic mass is 9.96. The first-order chi connectivity index (χ1) is 12.7. The third kappa shape index (κ3) is 3.29. The van der Waals surface area contributed by atoms with Gasteiger partial charge in [0.15, 0.2) is 0 Å². The van der Waals surface area contributed by atoms with Gasteiger partial charge in [0.2, 0.25) is 0 Å². The van der Waals surface area contributed by atoms with Crippen molar-refractivity contribution in [2.24, 2.45) is 0 Å². The van der Waals surface area contributed by atoms with Crippen LogP contribution in [0, 0.1) is 0 Å². The zero-order chi connectivity index (χ0) is 17.9. The number of carbonyl (C=O) groups is 1. The van der Waals surface area contributed by atoms with E-state index in [0.717, 1.165) is 42.0 Å². The van der Waals surface area contributed by atoms with Crippen molar-refractivity contribution in [2.45, 2.75) is 25.7 Å². The molecule has 4 rings (SSSR count). The Morgan fingerprint density at radius 2 is 2.15 bits per heavy atom. The number of nitrogens with zero attached hydrogens (tertiary/aromatic N) is 2. The van der Waals surface area contributed by atoms with Crippen molar-refractivity contribution in [3.8, 4) is 5.75 Å². The molecule has 5 heteroatoms. The van der Waals surface area contributed by atoms with Crippen LogP contribution in [0.25, 0.3) is 11.0 Å². The van der Waals surface area contributed by atoms with Crippen LogP contribution < -0.4 is 4.74 Å². The van der Waals surface area contributed by atoms with E-state index in [0.29, 0.717) is 18.7 Å². The molecule has 5 nitrogen and oxygen atoms in total. The van der Waals surface area contributed by atoms with E-state index in [1.165, 1.54) is 0 Å². The second-order valence-corrected chi connectivity index (χ2v) is 6.69. The number of rotatable bonds is 4. The SMILES string of the molecule is CCOc1cccc(C(=O)N2CCC[C@H](c3nc4ccccc4[nH]3)C2)c1. The number of ether oxygens (including phenoxy) is 1. The van der Waals surface area contributed by atoms with Crippen LogP contribution in [0.1, 0.15) is 41.9 Å². The van der Waals surface area contributed by atoms with E-state index in [9.17, 15) is 4.79 Å². The molecule has 134 valence electrons. The van der Waals surface area contributed by atoms with Crippen LogP contribution in [0.2, 0.25) is 0 Å². The molecular weight excluding hydrogens is 326 g/mol. The van der Waals surface area contributed by atoms with E-state index < -0.39 is 0 Å². The fourth-order valence-electron chi connectivity index (χ4n) is 3.62. The standard InChI is InChI=1S/C21H23N3O2/c1-2-26-17-9-5-7-15(13-17)21(25)24-12-6-8-16(14-24)20-22-18-10-3-4-11-19(18)23-20/h3-5,7,9-11,13,16H,2,6,8,12,14H2,1H3,(H,22,23)/t16-/m0/s1. The van der Waals surface area contributed by atoms with Crippen molar-refractivity contribution >= 4 is 16.9 Å². The van der Waals surface area contributed by atoms with Gasteiger partial charge < -0.3 is 14.6 Å². The van der Waals surface area contributed by atoms with E-state index in [1.807, 2.05) is 60.4 Å².